The van der Waals surface area contributed by atoms with Crippen molar-refractivity contribution in [2.24, 2.45) is 0 Å². The molecule has 5 aromatic rings. The normalized spacial score (nSPS) is 11.3. The molecule has 4 heterocycles. The van der Waals surface area contributed by atoms with E-state index in [9.17, 15) is 9.59 Å². The zero-order valence-electron chi connectivity index (χ0n) is 15.0. The Morgan fingerprint density at radius 2 is 1.57 bits per heavy atom. The number of aryl methyl sites for hydroxylation is 1. The zero-order chi connectivity index (χ0) is 19.3. The van der Waals surface area contributed by atoms with Gasteiger partial charge in [0.25, 0.3) is 11.1 Å². The van der Waals surface area contributed by atoms with Gasteiger partial charge in [-0.1, -0.05) is 12.1 Å². The molecule has 0 bridgehead atoms. The first-order valence-corrected chi connectivity index (χ1v) is 8.76. The fourth-order valence-corrected chi connectivity index (χ4v) is 3.38. The number of aromatic nitrogens is 5. The summed E-state index contributed by atoms with van der Waals surface area (Å²) in [5.41, 5.74) is 2.45. The van der Waals surface area contributed by atoms with Crippen molar-refractivity contribution in [3.63, 3.8) is 0 Å². The lowest BCUT2D eigenvalue weighted by molar-refractivity contribution is 0.926. The molecule has 0 saturated carbocycles. The molecule has 4 aromatic heterocycles. The average Bonchev–Trinajstić information content (AvgIpc) is 3.22. The van der Waals surface area contributed by atoms with E-state index < -0.39 is 0 Å². The van der Waals surface area contributed by atoms with Gasteiger partial charge in [0.1, 0.15) is 5.82 Å². The highest BCUT2D eigenvalue weighted by Crippen LogP contribution is 2.17. The molecule has 7 heteroatoms. The number of aromatic amines is 1. The molecule has 0 saturated heterocycles. The second kappa shape index (κ2) is 6.02. The molecule has 1 N–H and O–H groups in total. The molecule has 0 spiro atoms. The second-order valence-electron chi connectivity index (χ2n) is 6.62. The average molecular weight is 369 g/mol. The molecule has 1 aromatic carbocycles. The monoisotopic (exact) mass is 369 g/mol. The van der Waals surface area contributed by atoms with Crippen LogP contribution in [-0.2, 0) is 0 Å². The molecular formula is C21H15N5O2. The third-order valence-electron chi connectivity index (χ3n) is 4.77. The largest absolute Gasteiger partial charge is 0.284 e. The molecule has 0 unspecified atom stereocenters. The first kappa shape index (κ1) is 16.2. The summed E-state index contributed by atoms with van der Waals surface area (Å²) in [4.78, 5) is 30.6. The van der Waals surface area contributed by atoms with Crippen molar-refractivity contribution in [1.29, 1.82) is 0 Å². The predicted octanol–water partition coefficient (Wildman–Crippen LogP) is 2.72. The summed E-state index contributed by atoms with van der Waals surface area (Å²) in [5, 5.41) is 7.43. The van der Waals surface area contributed by atoms with Crippen LogP contribution in [-0.4, -0.2) is 24.3 Å². The maximum absolute atomic E-state index is 13.1. The van der Waals surface area contributed by atoms with Crippen LogP contribution in [0.2, 0.25) is 0 Å². The number of hydrogen-bond acceptors (Lipinski definition) is 4. The van der Waals surface area contributed by atoms with E-state index in [1.807, 2.05) is 31.2 Å². The van der Waals surface area contributed by atoms with Gasteiger partial charge in [-0.15, -0.1) is 0 Å². The van der Waals surface area contributed by atoms with Gasteiger partial charge in [-0.3, -0.25) is 23.8 Å². The lowest BCUT2D eigenvalue weighted by atomic mass is 10.1. The van der Waals surface area contributed by atoms with Crippen LogP contribution in [0.4, 0.5) is 0 Å². The lowest BCUT2D eigenvalue weighted by Crippen LogP contribution is -2.21. The molecule has 0 aliphatic heterocycles. The molecule has 0 aliphatic rings. The highest BCUT2D eigenvalue weighted by Gasteiger charge is 2.11. The maximum Gasteiger partial charge on any atom is 0.265 e. The van der Waals surface area contributed by atoms with E-state index >= 15 is 0 Å². The van der Waals surface area contributed by atoms with Gasteiger partial charge in [0.05, 0.1) is 28.0 Å². The fraction of sp³-hybridized carbons (Fsp3) is 0.0476. The van der Waals surface area contributed by atoms with Crippen molar-refractivity contribution >= 4 is 21.8 Å². The first-order valence-electron chi connectivity index (χ1n) is 8.76. The standard InChI is InChI=1S/C21H15N5O2/c1-13-3-2-4-14(11-13)25-9-6-17-15(20(25)27)12-16-18(23-17)7-10-26(21(16)28)19-5-8-22-24-19/h2-12H,1H3,(H,22,24). The third kappa shape index (κ3) is 2.44. The molecular weight excluding hydrogens is 354 g/mol. The predicted molar refractivity (Wildman–Crippen MR) is 107 cm³/mol. The summed E-state index contributed by atoms with van der Waals surface area (Å²) in [5.74, 6) is 0.553. The zero-order valence-corrected chi connectivity index (χ0v) is 15.0. The van der Waals surface area contributed by atoms with Crippen LogP contribution in [0.5, 0.6) is 0 Å². The van der Waals surface area contributed by atoms with Gasteiger partial charge in [0, 0.05) is 24.1 Å². The van der Waals surface area contributed by atoms with Crippen molar-refractivity contribution in [3.8, 4) is 11.5 Å². The SMILES string of the molecule is Cc1cccc(-n2ccc3nc4ccn(-c5ccn[nH]5)c(=O)c4cc3c2=O)c1. The molecule has 0 atom stereocenters. The van der Waals surface area contributed by atoms with E-state index in [0.717, 1.165) is 11.3 Å². The van der Waals surface area contributed by atoms with E-state index in [1.54, 1.807) is 47.4 Å². The minimum absolute atomic E-state index is 0.214. The Bertz CT molecular complexity index is 1460. The molecule has 0 aliphatic carbocycles. The minimum Gasteiger partial charge on any atom is -0.284 e. The second-order valence-corrected chi connectivity index (χ2v) is 6.62. The quantitative estimate of drug-likeness (QED) is 0.485. The van der Waals surface area contributed by atoms with Crippen LogP contribution in [0.25, 0.3) is 33.3 Å². The summed E-state index contributed by atoms with van der Waals surface area (Å²) in [6.07, 6.45) is 4.93. The molecule has 0 fully saturated rings. The Kier molecular flexibility index (Phi) is 3.48. The van der Waals surface area contributed by atoms with Gasteiger partial charge < -0.3 is 0 Å². The first-order chi connectivity index (χ1) is 13.6. The van der Waals surface area contributed by atoms with Crippen LogP contribution < -0.4 is 11.1 Å². The van der Waals surface area contributed by atoms with Gasteiger partial charge in [-0.2, -0.15) is 5.10 Å². The fourth-order valence-electron chi connectivity index (χ4n) is 3.38. The third-order valence-corrected chi connectivity index (χ3v) is 4.77. The molecule has 5 rings (SSSR count). The number of nitrogens with zero attached hydrogens (tertiary/aromatic N) is 4. The molecule has 0 radical (unpaired) electrons. The van der Waals surface area contributed by atoms with E-state index in [-0.39, 0.29) is 11.1 Å². The van der Waals surface area contributed by atoms with Crippen molar-refractivity contribution < 1.29 is 0 Å². The van der Waals surface area contributed by atoms with Crippen LogP contribution >= 0.6 is 0 Å². The summed E-state index contributed by atoms with van der Waals surface area (Å²) >= 11 is 0. The van der Waals surface area contributed by atoms with Crippen LogP contribution in [0, 0.1) is 6.92 Å². The Balaban J connectivity index is 1.80. The van der Waals surface area contributed by atoms with Gasteiger partial charge >= 0.3 is 0 Å². The van der Waals surface area contributed by atoms with Crippen LogP contribution in [0.15, 0.2) is 76.7 Å². The smallest absolute Gasteiger partial charge is 0.265 e. The number of H-pyrrole nitrogens is 1. The molecule has 7 nitrogen and oxygen atoms in total. The van der Waals surface area contributed by atoms with Crippen LogP contribution in [0.1, 0.15) is 5.56 Å². The Morgan fingerprint density at radius 1 is 0.857 bits per heavy atom. The number of pyridine rings is 3. The number of benzene rings is 1. The number of fused-ring (bicyclic) bond motifs is 2. The van der Waals surface area contributed by atoms with Crippen molar-refractivity contribution in [1.82, 2.24) is 24.3 Å². The van der Waals surface area contributed by atoms with E-state index in [1.165, 1.54) is 4.57 Å². The van der Waals surface area contributed by atoms with E-state index in [0.29, 0.717) is 27.6 Å². The number of nitrogens with one attached hydrogen (secondary N) is 1. The summed E-state index contributed by atoms with van der Waals surface area (Å²) in [7, 11) is 0. The van der Waals surface area contributed by atoms with Crippen LogP contribution in [0.3, 0.4) is 0 Å². The Labute approximate surface area is 158 Å². The lowest BCUT2D eigenvalue weighted by Gasteiger charge is -2.09. The topological polar surface area (TPSA) is 85.6 Å². The van der Waals surface area contributed by atoms with E-state index in [4.69, 9.17) is 0 Å². The van der Waals surface area contributed by atoms with Crippen molar-refractivity contribution in [3.05, 3.63) is 93.4 Å². The van der Waals surface area contributed by atoms with Crippen molar-refractivity contribution in [2.75, 3.05) is 0 Å². The summed E-state index contributed by atoms with van der Waals surface area (Å²) in [6, 6.07) is 14.6. The van der Waals surface area contributed by atoms with Gasteiger partial charge in [-0.05, 0) is 42.8 Å². The van der Waals surface area contributed by atoms with Gasteiger partial charge in [0.15, 0.2) is 0 Å². The molecule has 0 amide bonds. The maximum atomic E-state index is 13.1. The van der Waals surface area contributed by atoms with Gasteiger partial charge in [-0.25, -0.2) is 4.98 Å². The molecule has 28 heavy (non-hydrogen) atoms. The van der Waals surface area contributed by atoms with E-state index in [2.05, 4.69) is 15.2 Å². The summed E-state index contributed by atoms with van der Waals surface area (Å²) in [6.45, 7) is 1.97. The molecule has 136 valence electrons. The number of hydrogen-bond donors (Lipinski definition) is 1. The highest BCUT2D eigenvalue weighted by molar-refractivity contribution is 5.91. The Morgan fingerprint density at radius 3 is 2.25 bits per heavy atom. The minimum atomic E-state index is -0.262. The van der Waals surface area contributed by atoms with Crippen molar-refractivity contribution in [2.45, 2.75) is 6.92 Å². The summed E-state index contributed by atoms with van der Waals surface area (Å²) < 4.78 is 3.02. The highest BCUT2D eigenvalue weighted by atomic mass is 16.1. The Hall–Kier alpha value is -4.00. The number of rotatable bonds is 2. The van der Waals surface area contributed by atoms with Gasteiger partial charge in [0.2, 0.25) is 0 Å².